The Morgan fingerprint density at radius 1 is 1.42 bits per heavy atom. The molecule has 0 aromatic heterocycles. The predicted molar refractivity (Wildman–Crippen MR) is 66.9 cm³/mol. The average molecular weight is 295 g/mol. The van der Waals surface area contributed by atoms with Crippen molar-refractivity contribution >= 4 is 17.4 Å². The van der Waals surface area contributed by atoms with Gasteiger partial charge in [0, 0.05) is 0 Å². The van der Waals surface area contributed by atoms with Crippen LogP contribution >= 0.6 is 11.6 Å². The van der Waals surface area contributed by atoms with Crippen LogP contribution in [0.1, 0.15) is 36.2 Å². The number of ketones is 1. The highest BCUT2D eigenvalue weighted by atomic mass is 35.5. The normalized spacial score (nSPS) is 13.2. The highest BCUT2D eigenvalue weighted by Crippen LogP contribution is 2.33. The Hall–Kier alpha value is -1.23. The molecule has 2 nitrogen and oxygen atoms in total. The summed E-state index contributed by atoms with van der Waals surface area (Å²) in [5, 5.41) is -0.910. The first-order valence-electron chi connectivity index (χ1n) is 5.79. The lowest BCUT2D eigenvalue weighted by molar-refractivity contribution is -0.137. The number of carbonyl (C=O) groups is 1. The maximum Gasteiger partial charge on any atom is 0.416 e. The van der Waals surface area contributed by atoms with E-state index in [-0.39, 0.29) is 11.3 Å². The van der Waals surface area contributed by atoms with E-state index in [9.17, 15) is 18.0 Å². The molecular formula is C13H14ClF3O2. The van der Waals surface area contributed by atoms with Crippen LogP contribution in [0.5, 0.6) is 5.75 Å². The summed E-state index contributed by atoms with van der Waals surface area (Å²) in [6.45, 7) is 3.59. The van der Waals surface area contributed by atoms with Gasteiger partial charge < -0.3 is 4.74 Å². The summed E-state index contributed by atoms with van der Waals surface area (Å²) in [5.74, 6) is -0.453. The van der Waals surface area contributed by atoms with Gasteiger partial charge in [0.1, 0.15) is 5.75 Å². The van der Waals surface area contributed by atoms with Crippen LogP contribution in [-0.4, -0.2) is 17.8 Å². The van der Waals surface area contributed by atoms with Crippen molar-refractivity contribution in [3.05, 3.63) is 29.3 Å². The van der Waals surface area contributed by atoms with Crippen LogP contribution in [-0.2, 0) is 6.18 Å². The number of hydrogen-bond donors (Lipinski definition) is 0. The van der Waals surface area contributed by atoms with Gasteiger partial charge in [0.15, 0.2) is 5.78 Å². The molecule has 0 fully saturated rings. The monoisotopic (exact) mass is 294 g/mol. The fraction of sp³-hybridized carbons (Fsp3) is 0.462. The van der Waals surface area contributed by atoms with Crippen LogP contribution in [0.2, 0.25) is 0 Å². The molecule has 0 aliphatic heterocycles. The third kappa shape index (κ3) is 4.13. The van der Waals surface area contributed by atoms with Crippen molar-refractivity contribution in [1.29, 1.82) is 0 Å². The molecule has 0 bridgehead atoms. The second-order valence-corrected chi connectivity index (χ2v) is 4.69. The summed E-state index contributed by atoms with van der Waals surface area (Å²) in [6.07, 6.45) is -3.82. The molecule has 0 N–H and O–H groups in total. The van der Waals surface area contributed by atoms with E-state index in [1.165, 1.54) is 6.92 Å². The Labute approximate surface area is 114 Å². The number of ether oxygens (including phenoxy) is 1. The second kappa shape index (κ2) is 6.28. The molecule has 0 radical (unpaired) electrons. The highest BCUT2D eigenvalue weighted by Gasteiger charge is 2.32. The minimum absolute atomic E-state index is 0.132. The zero-order chi connectivity index (χ0) is 14.6. The predicted octanol–water partition coefficient (Wildman–Crippen LogP) is 4.30. The van der Waals surface area contributed by atoms with Crippen LogP contribution in [0.4, 0.5) is 13.2 Å². The minimum Gasteiger partial charge on any atom is -0.493 e. The van der Waals surface area contributed by atoms with Crippen molar-refractivity contribution in [3.63, 3.8) is 0 Å². The number of Topliss-reactive ketones (excluding diaryl/α,β-unsaturated/α-hetero) is 1. The van der Waals surface area contributed by atoms with Gasteiger partial charge >= 0.3 is 6.18 Å². The second-order valence-electron chi connectivity index (χ2n) is 4.04. The zero-order valence-electron chi connectivity index (χ0n) is 10.6. The minimum atomic E-state index is -4.51. The molecule has 1 unspecified atom stereocenters. The molecule has 0 saturated heterocycles. The largest absolute Gasteiger partial charge is 0.493 e. The molecule has 106 valence electrons. The molecule has 6 heteroatoms. The van der Waals surface area contributed by atoms with E-state index in [0.717, 1.165) is 18.2 Å². The molecule has 0 heterocycles. The Morgan fingerprint density at radius 2 is 2.05 bits per heavy atom. The quantitative estimate of drug-likeness (QED) is 0.598. The van der Waals surface area contributed by atoms with Gasteiger partial charge in [-0.2, -0.15) is 13.2 Å². The van der Waals surface area contributed by atoms with E-state index in [2.05, 4.69) is 0 Å². The van der Waals surface area contributed by atoms with Crippen molar-refractivity contribution in [2.75, 3.05) is 6.61 Å². The van der Waals surface area contributed by atoms with Crippen LogP contribution < -0.4 is 4.74 Å². The fourth-order valence-electron chi connectivity index (χ4n) is 1.45. The fourth-order valence-corrected chi connectivity index (χ4v) is 1.57. The van der Waals surface area contributed by atoms with Crippen LogP contribution in [0.3, 0.4) is 0 Å². The summed E-state index contributed by atoms with van der Waals surface area (Å²) < 4.78 is 43.2. The van der Waals surface area contributed by atoms with Gasteiger partial charge in [-0.05, 0) is 31.5 Å². The molecule has 1 rings (SSSR count). The Kier molecular flexibility index (Phi) is 5.23. The Bertz CT molecular complexity index is 456. The first-order chi connectivity index (χ1) is 8.77. The van der Waals surface area contributed by atoms with Gasteiger partial charge in [0.25, 0.3) is 0 Å². The molecule has 1 atom stereocenters. The van der Waals surface area contributed by atoms with Gasteiger partial charge in [0.2, 0.25) is 0 Å². The van der Waals surface area contributed by atoms with E-state index in [0.29, 0.717) is 13.0 Å². The summed E-state index contributed by atoms with van der Waals surface area (Å²) in [5.41, 5.74) is -1.03. The zero-order valence-corrected chi connectivity index (χ0v) is 11.3. The number of halogens is 4. The van der Waals surface area contributed by atoms with Gasteiger partial charge in [-0.3, -0.25) is 4.79 Å². The van der Waals surface area contributed by atoms with E-state index < -0.39 is 22.9 Å². The first-order valence-corrected chi connectivity index (χ1v) is 6.23. The molecule has 1 aromatic rings. The summed E-state index contributed by atoms with van der Waals surface area (Å²) in [6, 6.07) is 2.83. The molecule has 1 aromatic carbocycles. The Balaban J connectivity index is 3.22. The van der Waals surface area contributed by atoms with E-state index in [4.69, 9.17) is 16.3 Å². The highest BCUT2D eigenvalue weighted by molar-refractivity contribution is 6.33. The van der Waals surface area contributed by atoms with Crippen molar-refractivity contribution < 1.29 is 22.7 Å². The number of carbonyl (C=O) groups excluding carboxylic acids is 1. The average Bonchev–Trinajstić information content (AvgIpc) is 2.33. The van der Waals surface area contributed by atoms with E-state index >= 15 is 0 Å². The van der Waals surface area contributed by atoms with Gasteiger partial charge in [-0.15, -0.1) is 11.6 Å². The van der Waals surface area contributed by atoms with Gasteiger partial charge in [-0.1, -0.05) is 6.92 Å². The standard InChI is InChI=1S/C13H14ClF3O2/c1-3-6-19-11-5-4-9(13(15,16)17)7-10(11)12(18)8(2)14/h4-5,7-8H,3,6H2,1-2H3. The number of rotatable bonds is 5. The number of hydrogen-bond acceptors (Lipinski definition) is 2. The first kappa shape index (κ1) is 15.8. The lowest BCUT2D eigenvalue weighted by Crippen LogP contribution is -2.15. The van der Waals surface area contributed by atoms with Crippen LogP contribution in [0.15, 0.2) is 18.2 Å². The van der Waals surface area contributed by atoms with Crippen molar-refractivity contribution in [2.45, 2.75) is 31.8 Å². The van der Waals surface area contributed by atoms with Crippen LogP contribution in [0, 0.1) is 0 Å². The summed E-state index contributed by atoms with van der Waals surface area (Å²) >= 11 is 5.65. The maximum atomic E-state index is 12.6. The Morgan fingerprint density at radius 3 is 2.53 bits per heavy atom. The number of benzene rings is 1. The molecule has 19 heavy (non-hydrogen) atoms. The molecule has 0 saturated carbocycles. The third-order valence-electron chi connectivity index (χ3n) is 2.40. The molecule has 0 aliphatic rings. The van der Waals surface area contributed by atoms with Crippen molar-refractivity contribution in [1.82, 2.24) is 0 Å². The third-order valence-corrected chi connectivity index (χ3v) is 2.59. The smallest absolute Gasteiger partial charge is 0.416 e. The number of alkyl halides is 4. The lowest BCUT2D eigenvalue weighted by atomic mass is 10.0. The molecule has 0 spiro atoms. The molecule has 0 aliphatic carbocycles. The van der Waals surface area contributed by atoms with Crippen LogP contribution in [0.25, 0.3) is 0 Å². The van der Waals surface area contributed by atoms with E-state index in [1.54, 1.807) is 0 Å². The maximum absolute atomic E-state index is 12.6. The topological polar surface area (TPSA) is 26.3 Å². The van der Waals surface area contributed by atoms with Crippen molar-refractivity contribution in [3.8, 4) is 5.75 Å². The lowest BCUT2D eigenvalue weighted by Gasteiger charge is -2.14. The van der Waals surface area contributed by atoms with E-state index in [1.807, 2.05) is 6.92 Å². The molecule has 0 amide bonds. The summed E-state index contributed by atoms with van der Waals surface area (Å²) in [7, 11) is 0. The van der Waals surface area contributed by atoms with Crippen molar-refractivity contribution in [2.24, 2.45) is 0 Å². The summed E-state index contributed by atoms with van der Waals surface area (Å²) in [4.78, 5) is 11.8. The SMILES string of the molecule is CCCOc1ccc(C(F)(F)F)cc1C(=O)C(C)Cl. The molecular weight excluding hydrogens is 281 g/mol. The van der Waals surface area contributed by atoms with Gasteiger partial charge in [-0.25, -0.2) is 0 Å². The van der Waals surface area contributed by atoms with Gasteiger partial charge in [0.05, 0.1) is 23.1 Å².